The maximum Gasteiger partial charge on any atom is 0.269 e. The van der Waals surface area contributed by atoms with Crippen molar-refractivity contribution in [2.45, 2.75) is 13.5 Å². The van der Waals surface area contributed by atoms with Gasteiger partial charge in [-0.1, -0.05) is 6.07 Å². The summed E-state index contributed by atoms with van der Waals surface area (Å²) in [7, 11) is 1.80. The van der Waals surface area contributed by atoms with Crippen LogP contribution in [0.2, 0.25) is 0 Å². The van der Waals surface area contributed by atoms with Crippen LogP contribution in [0.15, 0.2) is 36.4 Å². The first kappa shape index (κ1) is 13.8. The Kier molecular flexibility index (Phi) is 4.14. The number of pyridine rings is 1. The summed E-state index contributed by atoms with van der Waals surface area (Å²) in [6.45, 7) is 2.09. The predicted octanol–water partition coefficient (Wildman–Crippen LogP) is 2.92. The third-order valence-electron chi connectivity index (χ3n) is 2.81. The largest absolute Gasteiger partial charge is 0.487 e. The monoisotopic (exact) mass is 273 g/mol. The number of ether oxygens (including phenoxy) is 1. The molecule has 1 heterocycles. The van der Waals surface area contributed by atoms with Crippen LogP contribution >= 0.6 is 0 Å². The molecule has 0 bridgehead atoms. The van der Waals surface area contributed by atoms with E-state index < -0.39 is 4.92 Å². The van der Waals surface area contributed by atoms with Gasteiger partial charge in [0.05, 0.1) is 10.6 Å². The Morgan fingerprint density at radius 2 is 2.15 bits per heavy atom. The zero-order valence-corrected chi connectivity index (χ0v) is 11.3. The maximum absolute atomic E-state index is 10.7. The molecule has 1 aromatic carbocycles. The number of aryl methyl sites for hydroxylation is 1. The molecule has 0 aliphatic rings. The van der Waals surface area contributed by atoms with E-state index in [1.54, 1.807) is 20.0 Å². The first-order valence-electron chi connectivity index (χ1n) is 6.11. The number of non-ortho nitro benzene ring substituents is 1. The molecule has 0 saturated carbocycles. The van der Waals surface area contributed by atoms with Crippen LogP contribution in [0.5, 0.6) is 5.75 Å². The third-order valence-corrected chi connectivity index (χ3v) is 2.81. The molecule has 0 fully saturated rings. The first-order valence-corrected chi connectivity index (χ1v) is 6.11. The minimum absolute atomic E-state index is 0.0603. The fraction of sp³-hybridized carbons (Fsp3) is 0.214. The van der Waals surface area contributed by atoms with Crippen LogP contribution < -0.4 is 10.1 Å². The number of nitro groups is 1. The summed E-state index contributed by atoms with van der Waals surface area (Å²) < 4.78 is 5.64. The lowest BCUT2D eigenvalue weighted by atomic mass is 10.2. The van der Waals surface area contributed by atoms with Gasteiger partial charge in [-0.3, -0.25) is 10.1 Å². The third kappa shape index (κ3) is 3.23. The van der Waals surface area contributed by atoms with E-state index >= 15 is 0 Å². The SMILES string of the molecule is CNc1cccc(COc2ccc([N+](=O)[O-])cc2C)n1. The van der Waals surface area contributed by atoms with E-state index in [1.807, 2.05) is 18.2 Å². The number of rotatable bonds is 5. The lowest BCUT2D eigenvalue weighted by molar-refractivity contribution is -0.384. The van der Waals surface area contributed by atoms with Crippen molar-refractivity contribution < 1.29 is 9.66 Å². The second kappa shape index (κ2) is 6.01. The van der Waals surface area contributed by atoms with Crippen LogP contribution in [0.25, 0.3) is 0 Å². The highest BCUT2D eigenvalue weighted by molar-refractivity contribution is 5.43. The number of benzene rings is 1. The summed E-state index contributed by atoms with van der Waals surface area (Å²) in [5.74, 6) is 1.39. The van der Waals surface area contributed by atoms with Gasteiger partial charge in [0.2, 0.25) is 0 Å². The molecule has 0 atom stereocenters. The topological polar surface area (TPSA) is 77.3 Å². The van der Waals surface area contributed by atoms with Crippen molar-refractivity contribution in [2.24, 2.45) is 0 Å². The van der Waals surface area contributed by atoms with Gasteiger partial charge >= 0.3 is 0 Å². The Morgan fingerprint density at radius 3 is 2.80 bits per heavy atom. The van der Waals surface area contributed by atoms with Crippen LogP contribution in [0.1, 0.15) is 11.3 Å². The van der Waals surface area contributed by atoms with Crippen molar-refractivity contribution >= 4 is 11.5 Å². The summed E-state index contributed by atoms with van der Waals surface area (Å²) in [6.07, 6.45) is 0. The van der Waals surface area contributed by atoms with Crippen LogP contribution in [0.3, 0.4) is 0 Å². The van der Waals surface area contributed by atoms with Crippen molar-refractivity contribution in [3.05, 3.63) is 57.8 Å². The summed E-state index contributed by atoms with van der Waals surface area (Å²) in [4.78, 5) is 14.6. The van der Waals surface area contributed by atoms with Crippen LogP contribution in [-0.2, 0) is 6.61 Å². The van der Waals surface area contributed by atoms with Gasteiger partial charge in [0.1, 0.15) is 18.2 Å². The Bertz CT molecular complexity index is 629. The highest BCUT2D eigenvalue weighted by Crippen LogP contribution is 2.23. The summed E-state index contributed by atoms with van der Waals surface area (Å²) in [5, 5.41) is 13.6. The maximum atomic E-state index is 10.7. The average Bonchev–Trinajstić information content (AvgIpc) is 2.46. The lowest BCUT2D eigenvalue weighted by Gasteiger charge is -2.09. The Labute approximate surface area is 116 Å². The number of nitrogens with zero attached hydrogens (tertiary/aromatic N) is 2. The van der Waals surface area contributed by atoms with Crippen LogP contribution in [0, 0.1) is 17.0 Å². The van der Waals surface area contributed by atoms with E-state index in [0.717, 1.165) is 17.1 Å². The lowest BCUT2D eigenvalue weighted by Crippen LogP contribution is -2.02. The average molecular weight is 273 g/mol. The molecule has 0 unspecified atom stereocenters. The molecule has 1 N–H and O–H groups in total. The summed E-state index contributed by atoms with van der Waals surface area (Å²) in [6, 6.07) is 10.1. The molecule has 0 aliphatic heterocycles. The van der Waals surface area contributed by atoms with Gasteiger partial charge in [-0.2, -0.15) is 0 Å². The molecule has 0 amide bonds. The Hall–Kier alpha value is -2.63. The highest BCUT2D eigenvalue weighted by Gasteiger charge is 2.09. The number of nitro benzene ring substituents is 1. The van der Waals surface area contributed by atoms with E-state index in [0.29, 0.717) is 12.4 Å². The van der Waals surface area contributed by atoms with Crippen molar-refractivity contribution in [3.63, 3.8) is 0 Å². The molecule has 0 saturated heterocycles. The summed E-state index contributed by atoms with van der Waals surface area (Å²) >= 11 is 0. The summed E-state index contributed by atoms with van der Waals surface area (Å²) in [5.41, 5.74) is 1.57. The molecule has 20 heavy (non-hydrogen) atoms. The fourth-order valence-corrected chi connectivity index (χ4v) is 1.76. The molecule has 2 aromatic rings. The van der Waals surface area contributed by atoms with Gasteiger partial charge in [-0.25, -0.2) is 4.98 Å². The van der Waals surface area contributed by atoms with Crippen molar-refractivity contribution in [2.75, 3.05) is 12.4 Å². The van der Waals surface area contributed by atoms with E-state index in [4.69, 9.17) is 4.74 Å². The fourth-order valence-electron chi connectivity index (χ4n) is 1.76. The molecule has 1 aromatic heterocycles. The number of hydrogen-bond donors (Lipinski definition) is 1. The highest BCUT2D eigenvalue weighted by atomic mass is 16.6. The zero-order valence-electron chi connectivity index (χ0n) is 11.3. The standard InChI is InChI=1S/C14H15N3O3/c1-10-8-12(17(18)19)6-7-13(10)20-9-11-4-3-5-14(15-2)16-11/h3-8H,9H2,1-2H3,(H,15,16). The molecule has 2 rings (SSSR count). The quantitative estimate of drug-likeness (QED) is 0.669. The Morgan fingerprint density at radius 1 is 1.35 bits per heavy atom. The molecular weight excluding hydrogens is 258 g/mol. The van der Waals surface area contributed by atoms with Gasteiger partial charge in [-0.15, -0.1) is 0 Å². The molecule has 6 heteroatoms. The van der Waals surface area contributed by atoms with Gasteiger partial charge in [-0.05, 0) is 30.7 Å². The van der Waals surface area contributed by atoms with E-state index in [-0.39, 0.29) is 5.69 Å². The molecule has 0 spiro atoms. The zero-order chi connectivity index (χ0) is 14.5. The normalized spacial score (nSPS) is 10.1. The molecule has 0 radical (unpaired) electrons. The number of aromatic nitrogens is 1. The molecular formula is C14H15N3O3. The van der Waals surface area contributed by atoms with Gasteiger partial charge < -0.3 is 10.1 Å². The van der Waals surface area contributed by atoms with Crippen molar-refractivity contribution in [1.29, 1.82) is 0 Å². The predicted molar refractivity (Wildman–Crippen MR) is 75.9 cm³/mol. The number of hydrogen-bond acceptors (Lipinski definition) is 5. The van der Waals surface area contributed by atoms with E-state index in [1.165, 1.54) is 12.1 Å². The minimum Gasteiger partial charge on any atom is -0.487 e. The number of anilines is 1. The smallest absolute Gasteiger partial charge is 0.269 e. The second-order valence-corrected chi connectivity index (χ2v) is 4.26. The van der Waals surface area contributed by atoms with Gasteiger partial charge in [0.15, 0.2) is 0 Å². The van der Waals surface area contributed by atoms with Crippen molar-refractivity contribution in [1.82, 2.24) is 4.98 Å². The second-order valence-electron chi connectivity index (χ2n) is 4.26. The molecule has 104 valence electrons. The van der Waals surface area contributed by atoms with Gasteiger partial charge in [0, 0.05) is 19.2 Å². The van der Waals surface area contributed by atoms with E-state index in [2.05, 4.69) is 10.3 Å². The minimum atomic E-state index is -0.422. The van der Waals surface area contributed by atoms with E-state index in [9.17, 15) is 10.1 Å². The van der Waals surface area contributed by atoms with Gasteiger partial charge in [0.25, 0.3) is 5.69 Å². The Balaban J connectivity index is 2.08. The van der Waals surface area contributed by atoms with Crippen LogP contribution in [-0.4, -0.2) is 17.0 Å². The first-order chi connectivity index (χ1) is 9.60. The number of nitrogens with one attached hydrogen (secondary N) is 1. The van der Waals surface area contributed by atoms with Crippen molar-refractivity contribution in [3.8, 4) is 5.75 Å². The molecule has 0 aliphatic carbocycles. The van der Waals surface area contributed by atoms with Crippen LogP contribution in [0.4, 0.5) is 11.5 Å². The molecule has 6 nitrogen and oxygen atoms in total.